The number of hydrogen-bond donors (Lipinski definition) is 2. The third-order valence-corrected chi connectivity index (χ3v) is 10.7. The third kappa shape index (κ3) is 5.97. The number of carboxylic acid groups (broad SMARTS) is 1. The lowest BCUT2D eigenvalue weighted by molar-refractivity contribution is -0.267. The number of amides is 1. The monoisotopic (exact) mass is 666 g/mol. The number of aromatic nitrogens is 1. The number of benzene rings is 2. The zero-order valence-corrected chi connectivity index (χ0v) is 27.2. The standard InChI is InChI=1S/C35H40ClFN4O6/c1-39-19-27(26-6-2-3-7-31(26)39)33(43)38-30-17-29(37)22(14-28(30)36)15-32(42)35(40-12-4-5-13-40,41-18-25-16-23(41)20-46-25)47-24-10-8-21(9-11-24)34(44)45/h2-3,6-7,14,17,19,21,23-25H,4-5,8-13,15-16,18,20H2,1H3,(H,38,43)(H,44,45)/t21?,23-,24?,25-,35?/m0/s1. The number of halogens is 2. The Balaban J connectivity index is 1.16. The molecule has 250 valence electrons. The number of carbonyl (C=O) groups is 3. The summed E-state index contributed by atoms with van der Waals surface area (Å²) in [5, 5.41) is 13.2. The van der Waals surface area contributed by atoms with Gasteiger partial charge in [0.15, 0.2) is 5.78 Å². The Morgan fingerprint density at radius 1 is 1.13 bits per heavy atom. The average molecular weight is 667 g/mol. The summed E-state index contributed by atoms with van der Waals surface area (Å²) >= 11 is 6.64. The van der Waals surface area contributed by atoms with Crippen LogP contribution in [0.25, 0.3) is 10.9 Å². The zero-order chi connectivity index (χ0) is 32.9. The highest BCUT2D eigenvalue weighted by Gasteiger charge is 2.58. The van der Waals surface area contributed by atoms with Crippen molar-refractivity contribution < 1.29 is 33.4 Å². The number of hydrogen-bond acceptors (Lipinski definition) is 7. The van der Waals surface area contributed by atoms with Crippen LogP contribution >= 0.6 is 11.6 Å². The SMILES string of the molecule is Cn1cc(C(=O)Nc2cc(F)c(CC(=O)C(OC3CCC(C(=O)O)CC3)(N3CCCC3)N3C[C@@H]4C[C@H]3CO4)cc2Cl)c2ccccc21. The Kier molecular flexibility index (Phi) is 8.86. The minimum Gasteiger partial charge on any atom is -0.481 e. The van der Waals surface area contributed by atoms with E-state index in [0.717, 1.165) is 30.2 Å². The first-order chi connectivity index (χ1) is 22.6. The molecular formula is C35H40ClFN4O6. The number of ketones is 1. The number of anilines is 1. The number of para-hydroxylation sites is 1. The maximum atomic E-state index is 15.9. The number of Topliss-reactive ketones (excluding diaryl/α,β-unsaturated/α-hetero) is 1. The van der Waals surface area contributed by atoms with E-state index in [1.54, 1.807) is 6.20 Å². The van der Waals surface area contributed by atoms with Crippen molar-refractivity contribution in [2.45, 2.75) is 75.5 Å². The summed E-state index contributed by atoms with van der Waals surface area (Å²) in [6, 6.07) is 10.1. The largest absolute Gasteiger partial charge is 0.481 e. The van der Waals surface area contributed by atoms with E-state index in [2.05, 4.69) is 15.1 Å². The van der Waals surface area contributed by atoms with Crippen LogP contribution in [0.15, 0.2) is 42.6 Å². The van der Waals surface area contributed by atoms with Gasteiger partial charge in [-0.15, -0.1) is 0 Å². The molecule has 1 saturated carbocycles. The molecule has 4 fully saturated rings. The van der Waals surface area contributed by atoms with Crippen molar-refractivity contribution in [1.82, 2.24) is 14.4 Å². The second kappa shape index (κ2) is 12.9. The molecule has 3 aliphatic heterocycles. The predicted molar refractivity (Wildman–Crippen MR) is 174 cm³/mol. The topological polar surface area (TPSA) is 113 Å². The van der Waals surface area contributed by atoms with Crippen LogP contribution in [0, 0.1) is 11.7 Å². The number of rotatable bonds is 10. The third-order valence-electron chi connectivity index (χ3n) is 10.4. The molecule has 7 rings (SSSR count). The molecule has 2 N–H and O–H groups in total. The Morgan fingerprint density at radius 3 is 2.55 bits per heavy atom. The van der Waals surface area contributed by atoms with Gasteiger partial charge in [-0.1, -0.05) is 29.8 Å². The molecule has 1 unspecified atom stereocenters. The van der Waals surface area contributed by atoms with Crippen molar-refractivity contribution in [3.63, 3.8) is 0 Å². The van der Waals surface area contributed by atoms with Gasteiger partial charge in [-0.2, -0.15) is 0 Å². The molecule has 2 bridgehead atoms. The van der Waals surface area contributed by atoms with Crippen LogP contribution in [-0.2, 0) is 32.5 Å². The summed E-state index contributed by atoms with van der Waals surface area (Å²) in [5.74, 6) is -4.01. The van der Waals surface area contributed by atoms with Gasteiger partial charge in [-0.05, 0) is 68.7 Å². The summed E-state index contributed by atoms with van der Waals surface area (Å²) in [4.78, 5) is 43.9. The highest BCUT2D eigenvalue weighted by Crippen LogP contribution is 2.42. The van der Waals surface area contributed by atoms with Crippen LogP contribution in [0.4, 0.5) is 10.1 Å². The van der Waals surface area contributed by atoms with Crippen molar-refractivity contribution in [3.05, 3.63) is 64.6 Å². The van der Waals surface area contributed by atoms with Crippen LogP contribution < -0.4 is 5.32 Å². The van der Waals surface area contributed by atoms with E-state index >= 15 is 4.39 Å². The van der Waals surface area contributed by atoms with E-state index < -0.39 is 29.5 Å². The lowest BCUT2D eigenvalue weighted by Crippen LogP contribution is -2.70. The van der Waals surface area contributed by atoms with Crippen LogP contribution in [0.5, 0.6) is 0 Å². The summed E-state index contributed by atoms with van der Waals surface area (Å²) in [6.07, 6.45) is 5.79. The fraction of sp³-hybridized carbons (Fsp3) is 0.514. The first-order valence-electron chi connectivity index (χ1n) is 16.5. The van der Waals surface area contributed by atoms with Crippen LogP contribution in [0.3, 0.4) is 0 Å². The Morgan fingerprint density at radius 2 is 1.87 bits per heavy atom. The molecule has 0 spiro atoms. The van der Waals surface area contributed by atoms with Crippen molar-refractivity contribution in [2.75, 3.05) is 31.6 Å². The smallest absolute Gasteiger partial charge is 0.306 e. The molecular weight excluding hydrogens is 627 g/mol. The molecule has 1 aliphatic carbocycles. The van der Waals surface area contributed by atoms with Gasteiger partial charge in [-0.25, -0.2) is 9.29 Å². The minimum atomic E-state index is -1.43. The van der Waals surface area contributed by atoms with Crippen molar-refractivity contribution >= 4 is 45.9 Å². The lowest BCUT2D eigenvalue weighted by atomic mass is 9.87. The number of likely N-dealkylation sites (tertiary alicyclic amines) is 2. The number of aliphatic carboxylic acids is 1. The van der Waals surface area contributed by atoms with Gasteiger partial charge in [0.2, 0.25) is 5.85 Å². The molecule has 2 aromatic carbocycles. The van der Waals surface area contributed by atoms with E-state index in [-0.39, 0.29) is 46.7 Å². The van der Waals surface area contributed by atoms with E-state index in [0.29, 0.717) is 57.5 Å². The van der Waals surface area contributed by atoms with Gasteiger partial charge in [-0.3, -0.25) is 19.3 Å². The van der Waals surface area contributed by atoms with Crippen LogP contribution in [-0.4, -0.2) is 87.5 Å². The summed E-state index contributed by atoms with van der Waals surface area (Å²) in [6.45, 7) is 2.34. The van der Waals surface area contributed by atoms with Crippen molar-refractivity contribution in [1.29, 1.82) is 0 Å². The zero-order valence-electron chi connectivity index (χ0n) is 26.4. The fourth-order valence-electron chi connectivity index (χ4n) is 8.00. The summed E-state index contributed by atoms with van der Waals surface area (Å²) < 4.78 is 30.5. The molecule has 3 saturated heterocycles. The van der Waals surface area contributed by atoms with E-state index in [9.17, 15) is 19.5 Å². The molecule has 12 heteroatoms. The number of fused-ring (bicyclic) bond motifs is 3. The molecule has 1 aromatic heterocycles. The maximum Gasteiger partial charge on any atom is 0.306 e. The second-order valence-corrected chi connectivity index (χ2v) is 13.8. The lowest BCUT2D eigenvalue weighted by Gasteiger charge is -2.51. The Bertz CT molecular complexity index is 1700. The summed E-state index contributed by atoms with van der Waals surface area (Å²) in [5.41, 5.74) is 1.56. The van der Waals surface area contributed by atoms with Gasteiger partial charge >= 0.3 is 5.97 Å². The molecule has 3 atom stereocenters. The first-order valence-corrected chi connectivity index (χ1v) is 16.9. The van der Waals surface area contributed by atoms with Gasteiger partial charge in [0.05, 0.1) is 41.0 Å². The number of nitrogens with zero attached hydrogens (tertiary/aromatic N) is 3. The number of carboxylic acids is 1. The molecule has 0 radical (unpaired) electrons. The van der Waals surface area contributed by atoms with E-state index in [1.165, 1.54) is 12.1 Å². The number of morpholine rings is 1. The highest BCUT2D eigenvalue weighted by atomic mass is 35.5. The van der Waals surface area contributed by atoms with Gasteiger partial charge in [0.25, 0.3) is 5.91 Å². The summed E-state index contributed by atoms with van der Waals surface area (Å²) in [7, 11) is 1.85. The number of carbonyl (C=O) groups excluding carboxylic acids is 2. The van der Waals surface area contributed by atoms with Gasteiger partial charge < -0.3 is 24.5 Å². The first kappa shape index (κ1) is 32.2. The second-order valence-electron chi connectivity index (χ2n) is 13.4. The number of ether oxygens (including phenoxy) is 2. The molecule has 10 nitrogen and oxygen atoms in total. The van der Waals surface area contributed by atoms with E-state index in [4.69, 9.17) is 21.1 Å². The average Bonchev–Trinajstić information content (AvgIpc) is 3.89. The molecule has 4 aliphatic rings. The number of nitrogens with one attached hydrogen (secondary N) is 1. The van der Waals surface area contributed by atoms with Crippen molar-refractivity contribution in [2.24, 2.45) is 13.0 Å². The minimum absolute atomic E-state index is 0.00284. The van der Waals surface area contributed by atoms with E-state index in [1.807, 2.05) is 35.9 Å². The fourth-order valence-corrected chi connectivity index (χ4v) is 8.23. The van der Waals surface area contributed by atoms with Crippen LogP contribution in [0.2, 0.25) is 5.02 Å². The maximum absolute atomic E-state index is 15.9. The van der Waals surface area contributed by atoms with Crippen molar-refractivity contribution in [3.8, 4) is 0 Å². The quantitative estimate of drug-likeness (QED) is 0.303. The van der Waals surface area contributed by atoms with Crippen LogP contribution in [0.1, 0.15) is 60.9 Å². The molecule has 1 amide bonds. The molecule has 4 heterocycles. The Hall–Kier alpha value is -3.35. The normalized spacial score (nSPS) is 26.1. The molecule has 47 heavy (non-hydrogen) atoms. The predicted octanol–water partition coefficient (Wildman–Crippen LogP) is 5.22. The van der Waals surface area contributed by atoms with Gasteiger partial charge in [0, 0.05) is 56.2 Å². The highest BCUT2D eigenvalue weighted by molar-refractivity contribution is 6.34. The van der Waals surface area contributed by atoms with Gasteiger partial charge in [0.1, 0.15) is 5.82 Å². The Labute approximate surface area is 277 Å². The number of aryl methyl sites for hydroxylation is 1. The molecule has 3 aromatic rings.